The highest BCUT2D eigenvalue weighted by molar-refractivity contribution is 7.84. The van der Waals surface area contributed by atoms with Crippen LogP contribution in [0.5, 0.6) is 28.7 Å². The topological polar surface area (TPSA) is 211 Å². The third-order valence-corrected chi connectivity index (χ3v) is 29.9. The van der Waals surface area contributed by atoms with Gasteiger partial charge in [-0.2, -0.15) is 12.7 Å². The zero-order valence-electron chi connectivity index (χ0n) is 77.3. The second kappa shape index (κ2) is 46.2. The van der Waals surface area contributed by atoms with E-state index in [9.17, 15) is 27.1 Å². The van der Waals surface area contributed by atoms with Crippen LogP contribution in [0, 0.1) is 5.41 Å². The van der Waals surface area contributed by atoms with E-state index in [-0.39, 0.29) is 58.0 Å². The monoisotopic (exact) mass is 1830 g/mol. The van der Waals surface area contributed by atoms with Gasteiger partial charge in [0.1, 0.15) is 28.7 Å². The van der Waals surface area contributed by atoms with Crippen molar-refractivity contribution in [1.29, 1.82) is 0 Å². The fraction of sp³-hybridized carbons (Fsp3) is 0.345. The van der Waals surface area contributed by atoms with Crippen molar-refractivity contribution >= 4 is 37.9 Å². The molecule has 0 unspecified atom stereocenters. The molecule has 5 fully saturated rings. The van der Waals surface area contributed by atoms with Crippen LogP contribution in [0.2, 0.25) is 0 Å². The molecule has 0 heterocycles. The summed E-state index contributed by atoms with van der Waals surface area (Å²) in [6.45, 7) is 7.30. The van der Waals surface area contributed by atoms with Crippen molar-refractivity contribution < 1.29 is 68.7 Å². The van der Waals surface area contributed by atoms with Gasteiger partial charge >= 0.3 is 37.9 Å². The first-order valence-corrected chi connectivity index (χ1v) is 51.3. The van der Waals surface area contributed by atoms with Gasteiger partial charge < -0.3 is 22.7 Å². The van der Waals surface area contributed by atoms with Crippen molar-refractivity contribution in [3.63, 3.8) is 0 Å². The fourth-order valence-electron chi connectivity index (χ4n) is 19.9. The molecule has 5 saturated carbocycles. The van der Waals surface area contributed by atoms with E-state index in [1.165, 1.54) is 199 Å². The molecule has 0 bridgehead atoms. The van der Waals surface area contributed by atoms with Gasteiger partial charge in [-0.1, -0.05) is 369 Å². The lowest BCUT2D eigenvalue weighted by Crippen LogP contribution is -2.30. The van der Waals surface area contributed by atoms with E-state index in [0.717, 1.165) is 54.0 Å². The molecule has 17 rings (SSSR count). The molecule has 12 aromatic rings. The molecule has 0 aromatic heterocycles. The molecule has 692 valence electrons. The van der Waals surface area contributed by atoms with Crippen molar-refractivity contribution in [2.24, 2.45) is 5.41 Å². The number of phosphoric ester groups is 2. The fourth-order valence-corrected chi connectivity index (χ4v) is 22.0. The molecule has 0 amide bonds. The highest BCUT2D eigenvalue weighted by Crippen LogP contribution is 2.54. The summed E-state index contributed by atoms with van der Waals surface area (Å²) in [6.07, 6.45) is 30.1. The standard InChI is InChI=1S/C32H33O4P.C23H28O2.C20H25NO3S.C20H22O2.C18H21O4P/c33-37(34-25-27-13-5-1-6-14-27,35-26-28-15-7-2-8-16-28)36-31-21-19-30(20-22-31)32(23-11-4-12-24-32)29-17-9-3-10-18-29;1-22(2,3)21(24)25-20-14-12-19(13-15-20)23(16-8-5-9-17-23)18-10-6-4-7-11-18;1-21(2)25(22,23)24-19-13-11-18(12-14-19)20(15-7-4-8-16-20)17-9-5-3-6-10-17;1-16(21)22-19-12-10-18(11-13-19)20(14-6-3-7-15-20)17-8-4-2-5-9-17;19-23(20,21)22-17-11-9-16(10-12-17)18(13-5-2-6-14-18)15-7-3-1-4-8-15/h1-3,5-10,13-22H,4,11-12,23-26H2;4,6-7,10-15H,5,8-9,16-17H2,1-3H3;3,5-6,9-14H,4,7-8,15-16H2,1-2H3;2,4-5,8-13H,3,6-7,14-15H2,1H3;1,3-4,7-12H,2,5-6,13-14H2,(H2,19,20,21). The average molecular weight is 1840 g/mol. The number of benzene rings is 12. The first-order chi connectivity index (χ1) is 63.7. The molecule has 12 aromatic carbocycles. The van der Waals surface area contributed by atoms with Crippen LogP contribution in [0.25, 0.3) is 0 Å². The quantitative estimate of drug-likeness (QED) is 0.0310. The van der Waals surface area contributed by atoms with E-state index >= 15 is 0 Å². The van der Waals surface area contributed by atoms with Gasteiger partial charge in [-0.25, -0.2) is 9.13 Å². The molecule has 0 saturated heterocycles. The lowest BCUT2D eigenvalue weighted by Gasteiger charge is -2.38. The van der Waals surface area contributed by atoms with Crippen LogP contribution in [-0.2, 0) is 78.4 Å². The summed E-state index contributed by atoms with van der Waals surface area (Å²) in [5.74, 6) is 1.78. The second-order valence-corrected chi connectivity index (χ2v) is 41.4. The van der Waals surface area contributed by atoms with Gasteiger partial charge in [-0.05, 0) is 212 Å². The van der Waals surface area contributed by atoms with Crippen LogP contribution < -0.4 is 22.7 Å². The highest BCUT2D eigenvalue weighted by atomic mass is 32.2. The predicted molar refractivity (Wildman–Crippen MR) is 527 cm³/mol. The predicted octanol–water partition coefficient (Wildman–Crippen LogP) is 28.1. The number of phosphoric acid groups is 2. The summed E-state index contributed by atoms with van der Waals surface area (Å²) in [6, 6.07) is 112. The van der Waals surface area contributed by atoms with E-state index in [4.69, 9.17) is 37.0 Å². The van der Waals surface area contributed by atoms with Crippen LogP contribution in [0.3, 0.4) is 0 Å². The van der Waals surface area contributed by atoms with Crippen LogP contribution in [0.4, 0.5) is 0 Å². The lowest BCUT2D eigenvalue weighted by molar-refractivity contribution is -0.143. The number of hydrogen-bond donors (Lipinski definition) is 2. The SMILES string of the molecule is CC(=O)Oc1ccc(C2(c3ccccc3)CCCCC2)cc1.CC(C)(C)C(=O)Oc1ccc(C2(c3ccccc3)CCCCC2)cc1.CN(C)S(=O)(=O)Oc1ccc(C2(c3ccccc3)CCCCC2)cc1.O=P(O)(O)Oc1ccc(C2(c3ccccc3)CCCCC2)cc1.O=P(OCc1ccccc1)(OCc1ccccc1)Oc1ccc(C2(c3ccccc3)CCCCC2)cc1. The normalized spacial score (nSPS) is 16.7. The van der Waals surface area contributed by atoms with E-state index in [1.807, 2.05) is 154 Å². The number of carbonyl (C=O) groups excluding carboxylic acids is 2. The van der Waals surface area contributed by atoms with Crippen molar-refractivity contribution in [2.45, 2.75) is 229 Å². The molecule has 132 heavy (non-hydrogen) atoms. The first-order valence-electron chi connectivity index (χ1n) is 47.0. The van der Waals surface area contributed by atoms with Crippen molar-refractivity contribution in [2.75, 3.05) is 14.1 Å². The van der Waals surface area contributed by atoms with E-state index < -0.39 is 31.4 Å². The van der Waals surface area contributed by atoms with Crippen LogP contribution in [-0.4, -0.2) is 48.5 Å². The van der Waals surface area contributed by atoms with E-state index in [0.29, 0.717) is 23.0 Å². The number of hydrogen-bond acceptors (Lipinski definition) is 13. The Morgan fingerprint density at radius 1 is 0.311 bits per heavy atom. The van der Waals surface area contributed by atoms with Gasteiger partial charge in [0.25, 0.3) is 0 Å². The van der Waals surface area contributed by atoms with Gasteiger partial charge in [0.05, 0.1) is 18.6 Å². The molecule has 16 nitrogen and oxygen atoms in total. The number of carbonyl (C=O) groups is 2. The molecular formula is C113H129NO15P2S. The highest BCUT2D eigenvalue weighted by Gasteiger charge is 2.42. The second-order valence-electron chi connectivity index (χ2n) is 36.9. The molecule has 19 heteroatoms. The molecule has 0 radical (unpaired) electrons. The van der Waals surface area contributed by atoms with Gasteiger partial charge in [-0.3, -0.25) is 28.4 Å². The summed E-state index contributed by atoms with van der Waals surface area (Å²) in [7, 11) is -9.22. The zero-order valence-corrected chi connectivity index (χ0v) is 79.9. The summed E-state index contributed by atoms with van der Waals surface area (Å²) in [4.78, 5) is 41.0. The molecule has 5 aliphatic rings. The maximum absolute atomic E-state index is 13.7. The summed E-state index contributed by atoms with van der Waals surface area (Å²) in [5, 5.41) is 0. The number of rotatable bonds is 25. The smallest absolute Gasteiger partial charge is 0.427 e. The first kappa shape index (κ1) is 98.7. The molecule has 2 N–H and O–H groups in total. The largest absolute Gasteiger partial charge is 0.530 e. The molecule has 0 aliphatic heterocycles. The maximum Gasteiger partial charge on any atom is 0.530 e. The average Bonchev–Trinajstić information content (AvgIpc) is 0.791. The van der Waals surface area contributed by atoms with Crippen LogP contribution in [0.15, 0.2) is 334 Å². The molecule has 0 atom stereocenters. The van der Waals surface area contributed by atoms with Crippen molar-refractivity contribution in [1.82, 2.24) is 4.31 Å². The third kappa shape index (κ3) is 26.2. The Bertz CT molecular complexity index is 5690. The van der Waals surface area contributed by atoms with Gasteiger partial charge in [0, 0.05) is 48.1 Å². The Hall–Kier alpha value is -10.8. The van der Waals surface area contributed by atoms with Crippen LogP contribution >= 0.6 is 15.6 Å². The van der Waals surface area contributed by atoms with Gasteiger partial charge in [-0.15, -0.1) is 0 Å². The Labute approximate surface area is 783 Å². The molecule has 0 spiro atoms. The maximum atomic E-state index is 13.7. The third-order valence-electron chi connectivity index (χ3n) is 26.8. The zero-order chi connectivity index (χ0) is 93.0. The minimum Gasteiger partial charge on any atom is -0.427 e. The number of nitrogens with zero attached hydrogens (tertiary/aromatic N) is 1. The number of esters is 2. The Morgan fingerprint density at radius 3 is 0.765 bits per heavy atom. The van der Waals surface area contributed by atoms with Crippen LogP contribution in [0.1, 0.15) is 255 Å². The van der Waals surface area contributed by atoms with E-state index in [1.54, 1.807) is 24.3 Å². The number of ether oxygens (including phenoxy) is 2. The minimum absolute atomic E-state index is 0.00461. The Morgan fingerprint density at radius 2 is 0.530 bits per heavy atom. The van der Waals surface area contributed by atoms with E-state index in [2.05, 4.69) is 180 Å². The summed E-state index contributed by atoms with van der Waals surface area (Å²) >= 11 is 0. The molecular weight excluding hydrogens is 1710 g/mol. The van der Waals surface area contributed by atoms with Gasteiger partial charge in [0.15, 0.2) is 0 Å². The van der Waals surface area contributed by atoms with Crippen molar-refractivity contribution in [3.05, 3.63) is 400 Å². The summed E-state index contributed by atoms with van der Waals surface area (Å²) < 4.78 is 87.5. The van der Waals surface area contributed by atoms with Crippen molar-refractivity contribution in [3.8, 4) is 28.7 Å². The summed E-state index contributed by atoms with van der Waals surface area (Å²) in [5.41, 5.74) is 14.6. The Balaban J connectivity index is 0.000000142. The molecule has 5 aliphatic carbocycles. The minimum atomic E-state index is -4.51. The Kier molecular flexibility index (Phi) is 34.6. The van der Waals surface area contributed by atoms with Gasteiger partial charge in [0.2, 0.25) is 0 Å². The lowest BCUT2D eigenvalue weighted by atomic mass is 9.65.